The molecule has 0 bridgehead atoms. The fourth-order valence-electron chi connectivity index (χ4n) is 2.34. The van der Waals surface area contributed by atoms with Crippen LogP contribution in [0.5, 0.6) is 0 Å². The van der Waals surface area contributed by atoms with Gasteiger partial charge in [0.1, 0.15) is 0 Å². The molecule has 6 nitrogen and oxygen atoms in total. The lowest BCUT2D eigenvalue weighted by atomic mass is 10.3. The van der Waals surface area contributed by atoms with Gasteiger partial charge in [-0.2, -0.15) is 0 Å². The van der Waals surface area contributed by atoms with Gasteiger partial charge in [0.25, 0.3) is 0 Å². The van der Waals surface area contributed by atoms with Gasteiger partial charge in [-0.15, -0.1) is 24.0 Å². The fraction of sp³-hybridized carbons (Fsp3) is 0.938. The standard InChI is InChI=1S/C16H34N4O2.HI/c1-3-17-16(19-9-7-13-21-4-2)18-8-5-6-10-20-11-14-22-15-12-20;/h3-15H2,1-2H3,(H2,17,18,19);1H. The third-order valence-electron chi connectivity index (χ3n) is 3.56. The van der Waals surface area contributed by atoms with Crippen LogP contribution in [-0.2, 0) is 9.47 Å². The Balaban J connectivity index is 0.00000484. The number of hydrogen-bond donors (Lipinski definition) is 2. The van der Waals surface area contributed by atoms with Crippen molar-refractivity contribution in [1.82, 2.24) is 15.5 Å². The summed E-state index contributed by atoms with van der Waals surface area (Å²) in [5.74, 6) is 0.922. The van der Waals surface area contributed by atoms with Crippen LogP contribution < -0.4 is 10.6 Å². The van der Waals surface area contributed by atoms with Crippen molar-refractivity contribution in [3.05, 3.63) is 0 Å². The van der Waals surface area contributed by atoms with Crippen LogP contribution in [0.3, 0.4) is 0 Å². The Hall–Kier alpha value is -0.120. The van der Waals surface area contributed by atoms with Crippen LogP contribution >= 0.6 is 24.0 Å². The van der Waals surface area contributed by atoms with Crippen molar-refractivity contribution in [2.45, 2.75) is 33.1 Å². The Morgan fingerprint density at radius 2 is 1.91 bits per heavy atom. The smallest absolute Gasteiger partial charge is 0.191 e. The molecule has 0 amide bonds. The minimum Gasteiger partial charge on any atom is -0.382 e. The lowest BCUT2D eigenvalue weighted by Gasteiger charge is -2.26. The van der Waals surface area contributed by atoms with Crippen molar-refractivity contribution in [3.63, 3.8) is 0 Å². The summed E-state index contributed by atoms with van der Waals surface area (Å²) in [6, 6.07) is 0. The lowest BCUT2D eigenvalue weighted by molar-refractivity contribution is 0.0372. The number of aliphatic imine (C=N–C) groups is 1. The molecule has 2 N–H and O–H groups in total. The van der Waals surface area contributed by atoms with Crippen LogP contribution in [0.2, 0.25) is 0 Å². The fourth-order valence-corrected chi connectivity index (χ4v) is 2.34. The molecule has 0 aromatic heterocycles. The average molecular weight is 442 g/mol. The molecule has 1 saturated heterocycles. The monoisotopic (exact) mass is 442 g/mol. The van der Waals surface area contributed by atoms with E-state index in [4.69, 9.17) is 9.47 Å². The van der Waals surface area contributed by atoms with E-state index < -0.39 is 0 Å². The summed E-state index contributed by atoms with van der Waals surface area (Å²) < 4.78 is 10.7. The summed E-state index contributed by atoms with van der Waals surface area (Å²) in [5, 5.41) is 6.69. The minimum atomic E-state index is 0. The molecular formula is C16H35IN4O2. The van der Waals surface area contributed by atoms with Crippen LogP contribution in [0.25, 0.3) is 0 Å². The van der Waals surface area contributed by atoms with E-state index in [0.29, 0.717) is 0 Å². The van der Waals surface area contributed by atoms with Crippen molar-refractivity contribution >= 4 is 29.9 Å². The Bertz CT molecular complexity index is 287. The van der Waals surface area contributed by atoms with Gasteiger partial charge in [0.05, 0.1) is 13.2 Å². The summed E-state index contributed by atoms with van der Waals surface area (Å²) in [6.07, 6.45) is 3.36. The highest BCUT2D eigenvalue weighted by atomic mass is 127. The van der Waals surface area contributed by atoms with Crippen molar-refractivity contribution in [1.29, 1.82) is 0 Å². The van der Waals surface area contributed by atoms with Crippen molar-refractivity contribution in [3.8, 4) is 0 Å². The second kappa shape index (κ2) is 16.7. The molecular weight excluding hydrogens is 407 g/mol. The van der Waals surface area contributed by atoms with Gasteiger partial charge in [-0.25, -0.2) is 0 Å². The van der Waals surface area contributed by atoms with Gasteiger partial charge >= 0.3 is 0 Å². The third-order valence-corrected chi connectivity index (χ3v) is 3.56. The van der Waals surface area contributed by atoms with Gasteiger partial charge in [-0.3, -0.25) is 9.89 Å². The van der Waals surface area contributed by atoms with Gasteiger partial charge in [0.2, 0.25) is 0 Å². The summed E-state index contributed by atoms with van der Waals surface area (Å²) >= 11 is 0. The van der Waals surface area contributed by atoms with E-state index >= 15 is 0 Å². The zero-order chi connectivity index (χ0) is 15.9. The van der Waals surface area contributed by atoms with Crippen LogP contribution in [0.1, 0.15) is 33.1 Å². The van der Waals surface area contributed by atoms with E-state index in [2.05, 4.69) is 27.4 Å². The highest BCUT2D eigenvalue weighted by molar-refractivity contribution is 14.0. The minimum absolute atomic E-state index is 0. The van der Waals surface area contributed by atoms with Crippen LogP contribution in [0.4, 0.5) is 0 Å². The van der Waals surface area contributed by atoms with Gasteiger partial charge in [-0.05, 0) is 39.7 Å². The van der Waals surface area contributed by atoms with Crippen LogP contribution in [0, 0.1) is 0 Å². The molecule has 0 saturated carbocycles. The Morgan fingerprint density at radius 3 is 2.61 bits per heavy atom. The molecule has 0 atom stereocenters. The molecule has 1 fully saturated rings. The molecule has 0 radical (unpaired) electrons. The summed E-state index contributed by atoms with van der Waals surface area (Å²) in [7, 11) is 0. The maximum atomic E-state index is 5.36. The van der Waals surface area contributed by atoms with Crippen molar-refractivity contribution < 1.29 is 9.47 Å². The van der Waals surface area contributed by atoms with Gasteiger partial charge in [-0.1, -0.05) is 0 Å². The lowest BCUT2D eigenvalue weighted by Crippen LogP contribution is -2.39. The van der Waals surface area contributed by atoms with Crippen LogP contribution in [0.15, 0.2) is 4.99 Å². The maximum Gasteiger partial charge on any atom is 0.191 e. The second-order valence-corrected chi connectivity index (χ2v) is 5.40. The number of guanidine groups is 1. The summed E-state index contributed by atoms with van der Waals surface area (Å²) in [5.41, 5.74) is 0. The first kappa shape index (κ1) is 22.9. The average Bonchev–Trinajstić information content (AvgIpc) is 2.55. The van der Waals surface area contributed by atoms with Gasteiger partial charge in [0.15, 0.2) is 5.96 Å². The van der Waals surface area contributed by atoms with E-state index in [1.807, 2.05) is 6.92 Å². The largest absolute Gasteiger partial charge is 0.382 e. The van der Waals surface area contributed by atoms with Gasteiger partial charge in [0, 0.05) is 45.9 Å². The number of nitrogens with one attached hydrogen (secondary N) is 2. The zero-order valence-electron chi connectivity index (χ0n) is 14.8. The predicted octanol–water partition coefficient (Wildman–Crippen LogP) is 1.70. The van der Waals surface area contributed by atoms with Crippen molar-refractivity contribution in [2.24, 2.45) is 4.99 Å². The van der Waals surface area contributed by atoms with E-state index in [1.54, 1.807) is 0 Å². The molecule has 1 rings (SSSR count). The summed E-state index contributed by atoms with van der Waals surface area (Å²) in [6.45, 7) is 13.5. The molecule has 138 valence electrons. The highest BCUT2D eigenvalue weighted by Gasteiger charge is 2.08. The Labute approximate surface area is 158 Å². The molecule has 0 aromatic carbocycles. The number of nitrogens with zero attached hydrogens (tertiary/aromatic N) is 2. The molecule has 23 heavy (non-hydrogen) atoms. The number of unbranched alkanes of at least 4 members (excludes halogenated alkanes) is 1. The molecule has 0 unspecified atom stereocenters. The number of ether oxygens (including phenoxy) is 2. The van der Waals surface area contributed by atoms with Crippen molar-refractivity contribution in [2.75, 3.05) is 65.7 Å². The summed E-state index contributed by atoms with van der Waals surface area (Å²) in [4.78, 5) is 7.04. The topological polar surface area (TPSA) is 58.1 Å². The second-order valence-electron chi connectivity index (χ2n) is 5.40. The van der Waals surface area contributed by atoms with Crippen LogP contribution in [-0.4, -0.2) is 76.6 Å². The van der Waals surface area contributed by atoms with Gasteiger partial charge < -0.3 is 20.1 Å². The van der Waals surface area contributed by atoms with E-state index in [-0.39, 0.29) is 24.0 Å². The SMILES string of the molecule is CCNC(=NCCCOCC)NCCCCN1CCOCC1.I. The highest BCUT2D eigenvalue weighted by Crippen LogP contribution is 1.99. The van der Waals surface area contributed by atoms with E-state index in [1.165, 1.54) is 19.4 Å². The molecule has 1 aliphatic rings. The van der Waals surface area contributed by atoms with E-state index in [0.717, 1.165) is 71.5 Å². The zero-order valence-corrected chi connectivity index (χ0v) is 17.1. The first-order valence-corrected chi connectivity index (χ1v) is 8.76. The third kappa shape index (κ3) is 12.9. The number of rotatable bonds is 11. The molecule has 7 heteroatoms. The quantitative estimate of drug-likeness (QED) is 0.221. The normalized spacial score (nSPS) is 16.0. The molecule has 0 spiro atoms. The molecule has 1 aliphatic heterocycles. The Kier molecular flexibility index (Phi) is 16.6. The molecule has 0 aliphatic carbocycles. The first-order valence-electron chi connectivity index (χ1n) is 8.76. The molecule has 1 heterocycles. The maximum absolute atomic E-state index is 5.36. The number of hydrogen-bond acceptors (Lipinski definition) is 4. The number of morpholine rings is 1. The first-order chi connectivity index (χ1) is 10.9. The molecule has 0 aromatic rings. The number of halogens is 1. The predicted molar refractivity (Wildman–Crippen MR) is 107 cm³/mol. The Morgan fingerprint density at radius 1 is 1.13 bits per heavy atom. The van der Waals surface area contributed by atoms with E-state index in [9.17, 15) is 0 Å².